The Bertz CT molecular complexity index is 1880. The highest BCUT2D eigenvalue weighted by atomic mass is 19.4. The van der Waals surface area contributed by atoms with Crippen LogP contribution in [0.3, 0.4) is 0 Å². The topological polar surface area (TPSA) is 52.1 Å². The normalized spacial score (nSPS) is 21.9. The van der Waals surface area contributed by atoms with Crippen LogP contribution in [-0.4, -0.2) is 21.4 Å². The van der Waals surface area contributed by atoms with Crippen LogP contribution in [0.2, 0.25) is 0 Å². The van der Waals surface area contributed by atoms with Crippen LogP contribution >= 0.6 is 0 Å². The molecular weight excluding hydrogens is 525 g/mol. The first-order chi connectivity index (χ1) is 19.5. The highest BCUT2D eigenvalue weighted by Gasteiger charge is 2.47. The van der Waals surface area contributed by atoms with Crippen LogP contribution in [0.4, 0.5) is 13.2 Å². The minimum atomic E-state index is -4.53. The predicted octanol–water partition coefficient (Wildman–Crippen LogP) is 8.88. The van der Waals surface area contributed by atoms with Gasteiger partial charge in [-0.05, 0) is 68.9 Å². The lowest BCUT2D eigenvalue weighted by atomic mass is 9.64. The van der Waals surface area contributed by atoms with E-state index in [-0.39, 0.29) is 22.6 Å². The fourth-order valence-corrected chi connectivity index (χ4v) is 7.04. The van der Waals surface area contributed by atoms with Gasteiger partial charge in [-0.25, -0.2) is 9.97 Å². The summed E-state index contributed by atoms with van der Waals surface area (Å²) in [4.78, 5) is 23.4. The molecule has 41 heavy (non-hydrogen) atoms. The summed E-state index contributed by atoms with van der Waals surface area (Å²) in [5.41, 5.74) is 2.91. The van der Waals surface area contributed by atoms with Crippen molar-refractivity contribution in [3.8, 4) is 5.75 Å². The predicted molar refractivity (Wildman–Crippen MR) is 153 cm³/mol. The van der Waals surface area contributed by atoms with Gasteiger partial charge in [0.2, 0.25) is 0 Å². The number of fused-ring (bicyclic) bond motifs is 9. The molecule has 3 atom stereocenters. The van der Waals surface area contributed by atoms with Crippen LogP contribution in [0.15, 0.2) is 66.7 Å². The van der Waals surface area contributed by atoms with E-state index < -0.39 is 17.5 Å². The smallest absolute Gasteiger partial charge is 0.416 e. The van der Waals surface area contributed by atoms with Crippen molar-refractivity contribution in [3.63, 3.8) is 0 Å². The van der Waals surface area contributed by atoms with Crippen molar-refractivity contribution in [3.05, 3.63) is 89.0 Å². The molecule has 2 aliphatic rings. The van der Waals surface area contributed by atoms with Crippen LogP contribution in [0.5, 0.6) is 5.75 Å². The third kappa shape index (κ3) is 4.16. The molecule has 0 spiro atoms. The number of halogens is 3. The van der Waals surface area contributed by atoms with Gasteiger partial charge >= 0.3 is 6.18 Å². The van der Waals surface area contributed by atoms with Crippen LogP contribution in [-0.2, 0) is 6.18 Å². The fourth-order valence-electron chi connectivity index (χ4n) is 7.04. The van der Waals surface area contributed by atoms with Crippen LogP contribution < -0.4 is 4.74 Å². The molecule has 1 fully saturated rings. The van der Waals surface area contributed by atoms with E-state index in [1.54, 1.807) is 18.2 Å². The molecule has 0 saturated heterocycles. The molecule has 1 aliphatic heterocycles. The fraction of sp³-hybridized carbons (Fsp3) is 0.324. The third-order valence-electron chi connectivity index (χ3n) is 9.05. The van der Waals surface area contributed by atoms with Gasteiger partial charge in [0, 0.05) is 33.4 Å². The maximum absolute atomic E-state index is 13.3. The molecule has 0 amide bonds. The first-order valence-corrected chi connectivity index (χ1v) is 14.1. The number of alkyl halides is 3. The molecule has 4 aromatic carbocycles. The number of nitrogens with zero attached hydrogens (tertiary/aromatic N) is 2. The number of carbonyl (C=O) groups is 1. The summed E-state index contributed by atoms with van der Waals surface area (Å²) in [6.45, 7) is 6.70. The van der Waals surface area contributed by atoms with Gasteiger partial charge in [0.05, 0.1) is 27.6 Å². The zero-order chi connectivity index (χ0) is 28.7. The van der Waals surface area contributed by atoms with Gasteiger partial charge in [-0.3, -0.25) is 4.79 Å². The van der Waals surface area contributed by atoms with Gasteiger partial charge in [-0.1, -0.05) is 49.7 Å². The van der Waals surface area contributed by atoms with Gasteiger partial charge < -0.3 is 4.74 Å². The molecule has 7 rings (SSSR count). The van der Waals surface area contributed by atoms with Crippen molar-refractivity contribution >= 4 is 38.6 Å². The van der Waals surface area contributed by atoms with Crippen molar-refractivity contribution in [1.29, 1.82) is 0 Å². The lowest BCUT2D eigenvalue weighted by Crippen LogP contribution is -2.46. The second kappa shape index (κ2) is 9.00. The Morgan fingerprint density at radius 1 is 0.878 bits per heavy atom. The van der Waals surface area contributed by atoms with Gasteiger partial charge in [0.15, 0.2) is 5.78 Å². The van der Waals surface area contributed by atoms with Crippen LogP contribution in [0.25, 0.3) is 32.8 Å². The minimum Gasteiger partial charge on any atom is -0.487 e. The molecule has 7 heteroatoms. The first-order valence-electron chi connectivity index (χ1n) is 14.1. The largest absolute Gasteiger partial charge is 0.487 e. The molecule has 0 N–H and O–H groups in total. The lowest BCUT2D eigenvalue weighted by molar-refractivity contribution is -0.137. The van der Waals surface area contributed by atoms with E-state index in [9.17, 15) is 18.0 Å². The molecule has 208 valence electrons. The van der Waals surface area contributed by atoms with Gasteiger partial charge in [-0.2, -0.15) is 13.2 Å². The quantitative estimate of drug-likeness (QED) is 0.124. The highest BCUT2D eigenvalue weighted by Crippen LogP contribution is 2.56. The molecule has 0 radical (unpaired) electrons. The second-order valence-corrected chi connectivity index (χ2v) is 12.2. The van der Waals surface area contributed by atoms with E-state index in [0.717, 1.165) is 58.1 Å². The SMILES string of the molecule is C[C@H]1CC[C@H]2[C@H](C1)c1c(c3ccccc3c3nc4cc(C(=O)c5cccc(C(F)(F)F)c5)ccc4nc13)OC2(C)C. The summed E-state index contributed by atoms with van der Waals surface area (Å²) < 4.78 is 46.6. The Morgan fingerprint density at radius 2 is 1.61 bits per heavy atom. The molecular formula is C34H29F3N2O2. The van der Waals surface area contributed by atoms with E-state index >= 15 is 0 Å². The van der Waals surface area contributed by atoms with Gasteiger partial charge in [0.25, 0.3) is 0 Å². The van der Waals surface area contributed by atoms with E-state index in [4.69, 9.17) is 14.7 Å². The number of ketones is 1. The van der Waals surface area contributed by atoms with Crippen LogP contribution in [0, 0.1) is 11.8 Å². The second-order valence-electron chi connectivity index (χ2n) is 12.2. The average Bonchev–Trinajstić information content (AvgIpc) is 2.95. The molecule has 4 nitrogen and oxygen atoms in total. The molecule has 1 saturated carbocycles. The number of aromatic nitrogens is 2. The summed E-state index contributed by atoms with van der Waals surface area (Å²) in [6.07, 6.45) is -1.21. The molecule has 1 aliphatic carbocycles. The van der Waals surface area contributed by atoms with Crippen molar-refractivity contribution in [2.45, 2.75) is 57.7 Å². The Balaban J connectivity index is 1.43. The number of rotatable bonds is 2. The summed E-state index contributed by atoms with van der Waals surface area (Å²) in [5, 5.41) is 1.91. The maximum atomic E-state index is 13.3. The monoisotopic (exact) mass is 554 g/mol. The zero-order valence-electron chi connectivity index (χ0n) is 23.0. The zero-order valence-corrected chi connectivity index (χ0v) is 23.0. The van der Waals surface area contributed by atoms with Gasteiger partial charge in [0.1, 0.15) is 11.4 Å². The summed E-state index contributed by atoms with van der Waals surface area (Å²) in [5.74, 6) is 1.64. The Morgan fingerprint density at radius 3 is 2.39 bits per heavy atom. The maximum Gasteiger partial charge on any atom is 0.416 e. The molecule has 5 aromatic rings. The standard InChI is InChI=1S/C34H29F3N2O2/c1-18-11-13-25-24(15-18)28-30-29(22-9-4-5-10-23(22)32(28)41-33(25,2)3)39-27-17-20(12-14-26(27)38-30)31(40)19-7-6-8-21(16-19)34(35,36)37/h4-10,12,14,16-18,24-25H,11,13,15H2,1-3H3/t18-,24-,25-/m0/s1. The molecule has 0 unspecified atom stereocenters. The third-order valence-corrected chi connectivity index (χ3v) is 9.05. The van der Waals surface area contributed by atoms with Crippen molar-refractivity contribution in [1.82, 2.24) is 9.97 Å². The number of hydrogen-bond donors (Lipinski definition) is 0. The summed E-state index contributed by atoms with van der Waals surface area (Å²) in [6, 6.07) is 17.5. The minimum absolute atomic E-state index is 0.0235. The molecule has 1 aromatic heterocycles. The molecule has 2 heterocycles. The van der Waals surface area contributed by atoms with Crippen LogP contribution in [0.1, 0.15) is 73.0 Å². The van der Waals surface area contributed by atoms with Gasteiger partial charge in [-0.15, -0.1) is 0 Å². The Hall–Kier alpha value is -4.00. The number of ether oxygens (including phenoxy) is 1. The number of benzene rings is 4. The highest BCUT2D eigenvalue weighted by molar-refractivity contribution is 6.13. The summed E-state index contributed by atoms with van der Waals surface area (Å²) in [7, 11) is 0. The Kier molecular flexibility index (Phi) is 5.69. The first kappa shape index (κ1) is 25.9. The van der Waals surface area contributed by atoms with Crippen molar-refractivity contribution in [2.75, 3.05) is 0 Å². The number of carbonyl (C=O) groups excluding carboxylic acids is 1. The van der Waals surface area contributed by atoms with E-state index in [0.29, 0.717) is 22.9 Å². The molecule has 0 bridgehead atoms. The van der Waals surface area contributed by atoms with E-state index in [1.165, 1.54) is 18.6 Å². The Labute approximate surface area is 235 Å². The van der Waals surface area contributed by atoms with Crippen molar-refractivity contribution < 1.29 is 22.7 Å². The van der Waals surface area contributed by atoms with E-state index in [1.807, 2.05) is 18.2 Å². The lowest BCUT2D eigenvalue weighted by Gasteiger charge is -2.49. The summed E-state index contributed by atoms with van der Waals surface area (Å²) >= 11 is 0. The average molecular weight is 555 g/mol. The van der Waals surface area contributed by atoms with E-state index in [2.05, 4.69) is 26.8 Å². The van der Waals surface area contributed by atoms with Crippen molar-refractivity contribution in [2.24, 2.45) is 11.8 Å². The number of hydrogen-bond acceptors (Lipinski definition) is 4.